The summed E-state index contributed by atoms with van der Waals surface area (Å²) >= 11 is 5.92. The van der Waals surface area contributed by atoms with Crippen LogP contribution in [0.4, 0.5) is 10.5 Å². The zero-order valence-corrected chi connectivity index (χ0v) is 23.6. The third-order valence-corrected chi connectivity index (χ3v) is 7.23. The van der Waals surface area contributed by atoms with Gasteiger partial charge in [0.1, 0.15) is 30.3 Å². The van der Waals surface area contributed by atoms with E-state index in [1.165, 1.54) is 6.08 Å². The first kappa shape index (κ1) is 27.8. The first-order valence-corrected chi connectivity index (χ1v) is 13.9. The van der Waals surface area contributed by atoms with Crippen LogP contribution in [0.15, 0.2) is 121 Å². The second-order valence-electron chi connectivity index (χ2n) is 9.86. The Morgan fingerprint density at radius 1 is 0.698 bits per heavy atom. The first-order valence-electron chi connectivity index (χ1n) is 13.5. The number of barbiturate groups is 1. The van der Waals surface area contributed by atoms with Crippen molar-refractivity contribution in [2.45, 2.75) is 13.2 Å². The number of hydrogen-bond acceptors (Lipinski definition) is 5. The summed E-state index contributed by atoms with van der Waals surface area (Å²) in [4.78, 5) is 39.5. The summed E-state index contributed by atoms with van der Waals surface area (Å²) < 4.78 is 11.8. The average molecular weight is 589 g/mol. The molecule has 5 aromatic carbocycles. The van der Waals surface area contributed by atoms with Crippen molar-refractivity contribution in [3.8, 4) is 11.5 Å². The molecule has 5 aromatic rings. The van der Waals surface area contributed by atoms with Crippen LogP contribution in [0.25, 0.3) is 16.8 Å². The maximum atomic E-state index is 13.3. The fraction of sp³-hybridized carbons (Fsp3) is 0.0571. The number of halogens is 1. The van der Waals surface area contributed by atoms with Crippen LogP contribution in [0.5, 0.6) is 11.5 Å². The molecule has 212 valence electrons. The van der Waals surface area contributed by atoms with Crippen LogP contribution in [0.1, 0.15) is 16.7 Å². The van der Waals surface area contributed by atoms with Crippen molar-refractivity contribution in [1.29, 1.82) is 0 Å². The number of fused-ring (bicyclic) bond motifs is 1. The van der Waals surface area contributed by atoms with E-state index in [0.717, 1.165) is 26.8 Å². The highest BCUT2D eigenvalue weighted by Crippen LogP contribution is 2.26. The van der Waals surface area contributed by atoms with Gasteiger partial charge in [-0.1, -0.05) is 78.3 Å². The van der Waals surface area contributed by atoms with Crippen molar-refractivity contribution in [3.63, 3.8) is 0 Å². The highest BCUT2D eigenvalue weighted by molar-refractivity contribution is 6.39. The molecule has 0 saturated carbocycles. The number of hydrogen-bond donors (Lipinski definition) is 1. The van der Waals surface area contributed by atoms with E-state index < -0.39 is 17.8 Å². The van der Waals surface area contributed by atoms with Gasteiger partial charge in [-0.05, 0) is 82.1 Å². The van der Waals surface area contributed by atoms with Gasteiger partial charge in [0.15, 0.2) is 0 Å². The fourth-order valence-corrected chi connectivity index (χ4v) is 4.86. The molecule has 7 nitrogen and oxygen atoms in total. The lowest BCUT2D eigenvalue weighted by molar-refractivity contribution is -0.122. The molecule has 8 heteroatoms. The van der Waals surface area contributed by atoms with E-state index in [9.17, 15) is 14.4 Å². The summed E-state index contributed by atoms with van der Waals surface area (Å²) in [6, 6.07) is 34.2. The van der Waals surface area contributed by atoms with Crippen molar-refractivity contribution in [1.82, 2.24) is 5.32 Å². The molecule has 1 fully saturated rings. The SMILES string of the molecule is O=C1NC(=O)N(c2ccc(OCc3ccc(Cl)cc3)cc2)C(=O)/C1=C/c1ccc(OCc2cccc3ccccc23)cc1. The lowest BCUT2D eigenvalue weighted by Gasteiger charge is -2.26. The summed E-state index contributed by atoms with van der Waals surface area (Å²) in [6.45, 7) is 0.721. The quantitative estimate of drug-likeness (QED) is 0.152. The van der Waals surface area contributed by atoms with E-state index in [4.69, 9.17) is 21.1 Å². The zero-order chi connectivity index (χ0) is 29.8. The molecule has 0 unspecified atom stereocenters. The lowest BCUT2D eigenvalue weighted by Crippen LogP contribution is -2.54. The molecule has 6 rings (SSSR count). The van der Waals surface area contributed by atoms with Crippen LogP contribution in [0.2, 0.25) is 5.02 Å². The van der Waals surface area contributed by atoms with Gasteiger partial charge in [-0.2, -0.15) is 0 Å². The fourth-order valence-electron chi connectivity index (χ4n) is 4.74. The number of benzene rings is 5. The zero-order valence-electron chi connectivity index (χ0n) is 22.8. The number of imide groups is 2. The summed E-state index contributed by atoms with van der Waals surface area (Å²) in [5.41, 5.74) is 2.76. The normalized spacial score (nSPS) is 14.2. The van der Waals surface area contributed by atoms with E-state index in [1.54, 1.807) is 60.7 Å². The van der Waals surface area contributed by atoms with Gasteiger partial charge in [-0.25, -0.2) is 9.69 Å². The minimum absolute atomic E-state index is 0.160. The molecule has 0 spiro atoms. The van der Waals surface area contributed by atoms with Gasteiger partial charge in [0.05, 0.1) is 5.69 Å². The summed E-state index contributed by atoms with van der Waals surface area (Å²) in [7, 11) is 0. The Morgan fingerprint density at radius 3 is 2.09 bits per heavy atom. The van der Waals surface area contributed by atoms with Gasteiger partial charge in [-0.15, -0.1) is 0 Å². The Morgan fingerprint density at radius 2 is 1.35 bits per heavy atom. The maximum absolute atomic E-state index is 13.3. The lowest BCUT2D eigenvalue weighted by atomic mass is 10.1. The molecular formula is C35H25ClN2O5. The molecule has 1 heterocycles. The highest BCUT2D eigenvalue weighted by Gasteiger charge is 2.36. The third-order valence-electron chi connectivity index (χ3n) is 6.98. The van der Waals surface area contributed by atoms with Gasteiger partial charge >= 0.3 is 6.03 Å². The highest BCUT2D eigenvalue weighted by atomic mass is 35.5. The monoisotopic (exact) mass is 588 g/mol. The van der Waals surface area contributed by atoms with Crippen molar-refractivity contribution < 1.29 is 23.9 Å². The Balaban J connectivity index is 1.13. The average Bonchev–Trinajstić information content (AvgIpc) is 3.03. The number of ether oxygens (including phenoxy) is 2. The van der Waals surface area contributed by atoms with Crippen molar-refractivity contribution in [2.24, 2.45) is 0 Å². The topological polar surface area (TPSA) is 84.9 Å². The number of nitrogens with one attached hydrogen (secondary N) is 1. The van der Waals surface area contributed by atoms with Crippen LogP contribution in [0, 0.1) is 0 Å². The van der Waals surface area contributed by atoms with E-state index in [0.29, 0.717) is 41.0 Å². The number of urea groups is 1. The number of nitrogens with zero attached hydrogens (tertiary/aromatic N) is 1. The second-order valence-corrected chi connectivity index (χ2v) is 10.3. The smallest absolute Gasteiger partial charge is 0.335 e. The maximum Gasteiger partial charge on any atom is 0.335 e. The summed E-state index contributed by atoms with van der Waals surface area (Å²) in [5, 5.41) is 5.17. The molecule has 1 N–H and O–H groups in total. The van der Waals surface area contributed by atoms with Crippen LogP contribution >= 0.6 is 11.6 Å². The van der Waals surface area contributed by atoms with Gasteiger partial charge in [-0.3, -0.25) is 14.9 Å². The van der Waals surface area contributed by atoms with Crippen molar-refractivity contribution in [2.75, 3.05) is 4.90 Å². The number of carbonyl (C=O) groups is 3. The van der Waals surface area contributed by atoms with Crippen LogP contribution in [0.3, 0.4) is 0 Å². The van der Waals surface area contributed by atoms with Crippen molar-refractivity contribution in [3.05, 3.63) is 143 Å². The minimum atomic E-state index is -0.820. The number of rotatable bonds is 8. The van der Waals surface area contributed by atoms with Gasteiger partial charge in [0.2, 0.25) is 0 Å². The second kappa shape index (κ2) is 12.2. The van der Waals surface area contributed by atoms with E-state index in [1.807, 2.05) is 36.4 Å². The molecule has 4 amide bonds. The van der Waals surface area contributed by atoms with Gasteiger partial charge in [0, 0.05) is 5.02 Å². The number of carbonyl (C=O) groups excluding carboxylic acids is 3. The largest absolute Gasteiger partial charge is 0.489 e. The molecule has 1 saturated heterocycles. The van der Waals surface area contributed by atoms with E-state index in [2.05, 4.69) is 23.5 Å². The molecular weight excluding hydrogens is 564 g/mol. The molecule has 43 heavy (non-hydrogen) atoms. The van der Waals surface area contributed by atoms with Gasteiger partial charge < -0.3 is 9.47 Å². The number of anilines is 1. The molecule has 0 aromatic heterocycles. The third kappa shape index (κ3) is 6.27. The Labute approximate surface area is 252 Å². The van der Waals surface area contributed by atoms with E-state index >= 15 is 0 Å². The molecule has 1 aliphatic rings. The molecule has 1 aliphatic heterocycles. The van der Waals surface area contributed by atoms with E-state index in [-0.39, 0.29) is 5.57 Å². The Kier molecular flexibility index (Phi) is 7.89. The summed E-state index contributed by atoms with van der Waals surface area (Å²) in [6.07, 6.45) is 1.45. The number of amides is 4. The predicted octanol–water partition coefficient (Wildman–Crippen LogP) is 7.32. The molecule has 0 aliphatic carbocycles. The molecule has 0 radical (unpaired) electrons. The van der Waals surface area contributed by atoms with Crippen LogP contribution < -0.4 is 19.7 Å². The van der Waals surface area contributed by atoms with Crippen LogP contribution in [-0.4, -0.2) is 17.8 Å². The Bertz CT molecular complexity index is 1840. The predicted molar refractivity (Wildman–Crippen MR) is 166 cm³/mol. The van der Waals surface area contributed by atoms with Gasteiger partial charge in [0.25, 0.3) is 11.8 Å². The Hall–Kier alpha value is -5.40. The first-order chi connectivity index (χ1) is 20.9. The standard InChI is InChI=1S/C35H25ClN2O5/c36-27-12-8-24(9-13-27)21-42-30-18-14-28(15-19-30)38-34(40)32(33(39)37-35(38)41)20-23-10-16-29(17-11-23)43-22-26-6-3-5-25-4-1-2-7-31(25)26/h1-20H,21-22H2,(H,37,39,41)/b32-20+. The molecule has 0 atom stereocenters. The minimum Gasteiger partial charge on any atom is -0.489 e. The van der Waals surface area contributed by atoms with Crippen LogP contribution in [-0.2, 0) is 22.8 Å². The van der Waals surface area contributed by atoms with Crippen molar-refractivity contribution >= 4 is 52.0 Å². The summed E-state index contributed by atoms with van der Waals surface area (Å²) in [5.74, 6) is -0.284. The molecule has 0 bridgehead atoms.